The van der Waals surface area contributed by atoms with Crippen molar-refractivity contribution < 1.29 is 19.5 Å². The lowest BCUT2D eigenvalue weighted by molar-refractivity contribution is -0.136. The van der Waals surface area contributed by atoms with E-state index in [1.54, 1.807) is 10.7 Å². The maximum atomic E-state index is 12.8. The topological polar surface area (TPSA) is 121 Å². The SMILES string of the molecule is O=C1CCC(N2Cc3cc(-n4cc(CCN5CCCC5CO)nn4)ccc3C2=O)C(=O)N1. The first-order valence-electron chi connectivity index (χ1n) is 11.1. The minimum absolute atomic E-state index is 0.190. The van der Waals surface area contributed by atoms with Crippen LogP contribution in [0.5, 0.6) is 0 Å². The van der Waals surface area contributed by atoms with Gasteiger partial charge in [-0.25, -0.2) is 4.68 Å². The highest BCUT2D eigenvalue weighted by molar-refractivity contribution is 6.05. The number of hydrogen-bond acceptors (Lipinski definition) is 7. The molecule has 4 heterocycles. The van der Waals surface area contributed by atoms with Crippen LogP contribution in [0.3, 0.4) is 0 Å². The van der Waals surface area contributed by atoms with Crippen LogP contribution in [0.2, 0.25) is 0 Å². The highest BCUT2D eigenvalue weighted by atomic mass is 16.3. The Morgan fingerprint density at radius 1 is 1.19 bits per heavy atom. The van der Waals surface area contributed by atoms with Crippen LogP contribution in [-0.4, -0.2) is 79.4 Å². The number of nitrogens with one attached hydrogen (secondary N) is 1. The summed E-state index contributed by atoms with van der Waals surface area (Å²) in [5, 5.41) is 20.3. The summed E-state index contributed by atoms with van der Waals surface area (Å²) in [4.78, 5) is 40.3. The van der Waals surface area contributed by atoms with Crippen LogP contribution >= 0.6 is 0 Å². The normalized spacial score (nSPS) is 23.7. The molecule has 10 heteroatoms. The fourth-order valence-electron chi connectivity index (χ4n) is 4.90. The summed E-state index contributed by atoms with van der Waals surface area (Å²) < 4.78 is 1.70. The molecule has 168 valence electrons. The third-order valence-electron chi connectivity index (χ3n) is 6.68. The van der Waals surface area contributed by atoms with Crippen LogP contribution in [0.1, 0.15) is 47.3 Å². The summed E-state index contributed by atoms with van der Waals surface area (Å²) in [6.07, 6.45) is 5.37. The van der Waals surface area contributed by atoms with Crippen LogP contribution in [0.25, 0.3) is 5.69 Å². The molecule has 3 aliphatic rings. The van der Waals surface area contributed by atoms with Crippen molar-refractivity contribution in [1.29, 1.82) is 0 Å². The number of piperidine rings is 1. The molecule has 0 spiro atoms. The Morgan fingerprint density at radius 3 is 2.88 bits per heavy atom. The van der Waals surface area contributed by atoms with Gasteiger partial charge in [0.2, 0.25) is 11.8 Å². The van der Waals surface area contributed by atoms with Gasteiger partial charge in [-0.05, 0) is 49.6 Å². The van der Waals surface area contributed by atoms with Crippen molar-refractivity contribution in [2.75, 3.05) is 19.7 Å². The van der Waals surface area contributed by atoms with E-state index in [0.29, 0.717) is 18.5 Å². The van der Waals surface area contributed by atoms with E-state index >= 15 is 0 Å². The zero-order valence-corrected chi connectivity index (χ0v) is 17.7. The predicted molar refractivity (Wildman–Crippen MR) is 113 cm³/mol. The van der Waals surface area contributed by atoms with Gasteiger partial charge in [0.15, 0.2) is 0 Å². The molecule has 0 aliphatic carbocycles. The van der Waals surface area contributed by atoms with Gasteiger partial charge in [0, 0.05) is 37.5 Å². The van der Waals surface area contributed by atoms with Gasteiger partial charge in [-0.3, -0.25) is 24.6 Å². The number of aliphatic hydroxyl groups is 1. The number of amides is 3. The van der Waals surface area contributed by atoms with Crippen molar-refractivity contribution in [3.63, 3.8) is 0 Å². The molecular weight excluding hydrogens is 412 g/mol. The van der Waals surface area contributed by atoms with Gasteiger partial charge in [0.1, 0.15) is 6.04 Å². The van der Waals surface area contributed by atoms with Gasteiger partial charge in [0.25, 0.3) is 5.91 Å². The van der Waals surface area contributed by atoms with Crippen LogP contribution in [-0.2, 0) is 22.6 Å². The van der Waals surface area contributed by atoms with Crippen LogP contribution in [0.15, 0.2) is 24.4 Å². The zero-order chi connectivity index (χ0) is 22.2. The highest BCUT2D eigenvalue weighted by Crippen LogP contribution is 2.29. The molecule has 1 aromatic heterocycles. The molecule has 0 radical (unpaired) electrons. The maximum Gasteiger partial charge on any atom is 0.255 e. The molecule has 3 aliphatic heterocycles. The first kappa shape index (κ1) is 20.8. The maximum absolute atomic E-state index is 12.8. The Morgan fingerprint density at radius 2 is 2.06 bits per heavy atom. The van der Waals surface area contributed by atoms with Gasteiger partial charge in [0.05, 0.1) is 24.2 Å². The molecular formula is C22H26N6O4. The molecule has 5 rings (SSSR count). The average Bonchev–Trinajstić information content (AvgIpc) is 3.51. The summed E-state index contributed by atoms with van der Waals surface area (Å²) in [6.45, 7) is 2.36. The van der Waals surface area contributed by atoms with Gasteiger partial charge in [-0.1, -0.05) is 5.21 Å². The van der Waals surface area contributed by atoms with E-state index in [-0.39, 0.29) is 30.9 Å². The van der Waals surface area contributed by atoms with Crippen molar-refractivity contribution in [3.05, 3.63) is 41.2 Å². The number of benzene rings is 1. The number of rotatable bonds is 6. The van der Waals surface area contributed by atoms with E-state index < -0.39 is 11.9 Å². The summed E-state index contributed by atoms with van der Waals surface area (Å²) in [6, 6.07) is 5.11. The van der Waals surface area contributed by atoms with Crippen molar-refractivity contribution >= 4 is 17.7 Å². The summed E-state index contributed by atoms with van der Waals surface area (Å²) in [7, 11) is 0. The Labute approximate surface area is 185 Å². The number of aliphatic hydroxyl groups excluding tert-OH is 1. The van der Waals surface area contributed by atoms with Crippen LogP contribution in [0.4, 0.5) is 0 Å². The van der Waals surface area contributed by atoms with Crippen LogP contribution in [0, 0.1) is 0 Å². The molecule has 2 aromatic rings. The lowest BCUT2D eigenvalue weighted by Crippen LogP contribution is -2.52. The van der Waals surface area contributed by atoms with Crippen LogP contribution < -0.4 is 5.32 Å². The molecule has 2 saturated heterocycles. The number of imide groups is 1. The van der Waals surface area contributed by atoms with E-state index in [1.165, 1.54) is 4.90 Å². The molecule has 32 heavy (non-hydrogen) atoms. The molecule has 1 aromatic carbocycles. The monoisotopic (exact) mass is 438 g/mol. The van der Waals surface area contributed by atoms with Crippen molar-refractivity contribution in [1.82, 2.24) is 30.1 Å². The van der Waals surface area contributed by atoms with Gasteiger partial charge in [-0.2, -0.15) is 0 Å². The molecule has 3 amide bonds. The largest absolute Gasteiger partial charge is 0.395 e. The lowest BCUT2D eigenvalue weighted by Gasteiger charge is -2.29. The number of carbonyl (C=O) groups is 3. The van der Waals surface area contributed by atoms with E-state index in [1.807, 2.05) is 18.3 Å². The molecule has 2 unspecified atom stereocenters. The van der Waals surface area contributed by atoms with E-state index in [2.05, 4.69) is 20.5 Å². The Kier molecular flexibility index (Phi) is 5.48. The van der Waals surface area contributed by atoms with Crippen molar-refractivity contribution in [2.24, 2.45) is 0 Å². The molecule has 0 saturated carbocycles. The van der Waals surface area contributed by atoms with Gasteiger partial charge >= 0.3 is 0 Å². The zero-order valence-electron chi connectivity index (χ0n) is 17.7. The number of nitrogens with zero attached hydrogens (tertiary/aromatic N) is 5. The standard InChI is InChI=1S/C22H26N6O4/c29-13-17-2-1-8-26(17)9-7-15-12-28(25-24-15)16-3-4-18-14(10-16)11-27(22(18)32)19-5-6-20(30)23-21(19)31/h3-4,10,12,17,19,29H,1-2,5-9,11,13H2,(H,23,30,31). The first-order chi connectivity index (χ1) is 15.5. The molecule has 0 bridgehead atoms. The molecule has 10 nitrogen and oxygen atoms in total. The number of aromatic nitrogens is 3. The summed E-state index contributed by atoms with van der Waals surface area (Å²) in [5.74, 6) is -0.898. The number of hydrogen-bond donors (Lipinski definition) is 2. The second-order valence-electron chi connectivity index (χ2n) is 8.66. The minimum atomic E-state index is -0.623. The molecule has 2 fully saturated rings. The van der Waals surface area contributed by atoms with Crippen molar-refractivity contribution in [3.8, 4) is 5.69 Å². The van der Waals surface area contributed by atoms with E-state index in [4.69, 9.17) is 0 Å². The number of carbonyl (C=O) groups excluding carboxylic acids is 3. The third kappa shape index (κ3) is 3.80. The molecule has 2 atom stereocenters. The van der Waals surface area contributed by atoms with E-state index in [9.17, 15) is 19.5 Å². The summed E-state index contributed by atoms with van der Waals surface area (Å²) >= 11 is 0. The third-order valence-corrected chi connectivity index (χ3v) is 6.68. The quantitative estimate of drug-likeness (QED) is 0.611. The smallest absolute Gasteiger partial charge is 0.255 e. The average molecular weight is 438 g/mol. The number of fused-ring (bicyclic) bond motifs is 1. The van der Waals surface area contributed by atoms with Gasteiger partial charge < -0.3 is 10.0 Å². The fraction of sp³-hybridized carbons (Fsp3) is 0.500. The fourth-order valence-corrected chi connectivity index (χ4v) is 4.90. The first-order valence-corrected chi connectivity index (χ1v) is 11.1. The minimum Gasteiger partial charge on any atom is -0.395 e. The molecule has 2 N–H and O–H groups in total. The Hall–Kier alpha value is -3.11. The van der Waals surface area contributed by atoms with Gasteiger partial charge in [-0.15, -0.1) is 5.10 Å². The number of likely N-dealkylation sites (tertiary alicyclic amines) is 1. The van der Waals surface area contributed by atoms with E-state index in [0.717, 1.165) is 49.3 Å². The van der Waals surface area contributed by atoms with Crippen molar-refractivity contribution in [2.45, 2.75) is 50.7 Å². The Bertz CT molecular complexity index is 1070. The highest BCUT2D eigenvalue weighted by Gasteiger charge is 2.39. The summed E-state index contributed by atoms with van der Waals surface area (Å²) in [5.41, 5.74) is 3.07. The lowest BCUT2D eigenvalue weighted by atomic mass is 10.0. The second-order valence-corrected chi connectivity index (χ2v) is 8.66. The second kappa shape index (κ2) is 8.44. The Balaban J connectivity index is 1.27. The predicted octanol–water partition coefficient (Wildman–Crippen LogP) is 0.0275.